The van der Waals surface area contributed by atoms with Crippen LogP contribution in [0.25, 0.3) is 0 Å². The summed E-state index contributed by atoms with van der Waals surface area (Å²) in [5.41, 5.74) is 1.90. The minimum absolute atomic E-state index is 0.0628. The van der Waals surface area contributed by atoms with Crippen LogP contribution in [0.1, 0.15) is 51.7 Å². The van der Waals surface area contributed by atoms with Crippen molar-refractivity contribution in [3.63, 3.8) is 0 Å². The van der Waals surface area contributed by atoms with Crippen LogP contribution in [0.15, 0.2) is 12.1 Å². The summed E-state index contributed by atoms with van der Waals surface area (Å²) in [6.07, 6.45) is 0.240. The van der Waals surface area contributed by atoms with Crippen molar-refractivity contribution in [1.29, 1.82) is 0 Å². The molecule has 3 nitrogen and oxygen atoms in total. The summed E-state index contributed by atoms with van der Waals surface area (Å²) in [4.78, 5) is 0. The maximum Gasteiger partial charge on any atom is 0.123 e. The van der Waals surface area contributed by atoms with Gasteiger partial charge in [0.05, 0.1) is 6.61 Å². The van der Waals surface area contributed by atoms with Crippen molar-refractivity contribution in [3.05, 3.63) is 23.3 Å². The van der Waals surface area contributed by atoms with Gasteiger partial charge in [0.1, 0.15) is 24.2 Å². The first kappa shape index (κ1) is 14.2. The second-order valence-corrected chi connectivity index (χ2v) is 6.58. The van der Waals surface area contributed by atoms with Crippen molar-refractivity contribution in [1.82, 2.24) is 0 Å². The second-order valence-electron chi connectivity index (χ2n) is 6.58. The van der Waals surface area contributed by atoms with Gasteiger partial charge in [-0.25, -0.2) is 0 Å². The van der Waals surface area contributed by atoms with Crippen molar-refractivity contribution in [3.8, 4) is 11.5 Å². The maximum absolute atomic E-state index is 10.2. The van der Waals surface area contributed by atoms with E-state index in [0.717, 1.165) is 23.5 Å². The fourth-order valence-electron chi connectivity index (χ4n) is 2.10. The zero-order valence-corrected chi connectivity index (χ0v) is 12.5. The average Bonchev–Trinajstić information content (AvgIpc) is 3.09. The molecule has 3 heteroatoms. The van der Waals surface area contributed by atoms with E-state index in [-0.39, 0.29) is 17.4 Å². The highest BCUT2D eigenvalue weighted by molar-refractivity contribution is 5.49. The van der Waals surface area contributed by atoms with E-state index in [1.54, 1.807) is 0 Å². The Morgan fingerprint density at radius 3 is 2.47 bits per heavy atom. The molecule has 1 atom stereocenters. The van der Waals surface area contributed by atoms with Crippen LogP contribution < -0.4 is 4.74 Å². The minimum atomic E-state index is -0.0628. The number of epoxide rings is 1. The molecule has 1 aromatic carbocycles. The Morgan fingerprint density at radius 1 is 1.37 bits per heavy atom. The SMILES string of the molecule is CC(C)c1cc(OCC2CO2)c(C(C)(C)C)cc1O. The lowest BCUT2D eigenvalue weighted by molar-refractivity contribution is 0.257. The molecule has 0 radical (unpaired) electrons. The maximum atomic E-state index is 10.2. The Kier molecular flexibility index (Phi) is 3.77. The highest BCUT2D eigenvalue weighted by Gasteiger charge is 2.26. The van der Waals surface area contributed by atoms with Gasteiger partial charge in [0, 0.05) is 11.1 Å². The predicted octanol–water partition coefficient (Wildman–Crippen LogP) is 3.59. The molecule has 2 rings (SSSR count). The van der Waals surface area contributed by atoms with Crippen molar-refractivity contribution in [2.75, 3.05) is 13.2 Å². The highest BCUT2D eigenvalue weighted by atomic mass is 16.6. The third kappa shape index (κ3) is 3.41. The summed E-state index contributed by atoms with van der Waals surface area (Å²) in [5, 5.41) is 10.2. The predicted molar refractivity (Wildman–Crippen MR) is 76.1 cm³/mol. The first-order valence-corrected chi connectivity index (χ1v) is 6.91. The van der Waals surface area contributed by atoms with Gasteiger partial charge in [-0.1, -0.05) is 34.6 Å². The van der Waals surface area contributed by atoms with E-state index in [9.17, 15) is 5.11 Å². The third-order valence-corrected chi connectivity index (χ3v) is 3.39. The summed E-state index contributed by atoms with van der Waals surface area (Å²) in [7, 11) is 0. The first-order chi connectivity index (χ1) is 8.79. The minimum Gasteiger partial charge on any atom is -0.508 e. The lowest BCUT2D eigenvalue weighted by Crippen LogP contribution is -2.15. The summed E-state index contributed by atoms with van der Waals surface area (Å²) in [6, 6.07) is 3.82. The van der Waals surface area contributed by atoms with Gasteiger partial charge in [0.15, 0.2) is 0 Å². The van der Waals surface area contributed by atoms with Crippen molar-refractivity contribution in [2.24, 2.45) is 0 Å². The molecular weight excluding hydrogens is 240 g/mol. The van der Waals surface area contributed by atoms with Gasteiger partial charge in [-0.2, -0.15) is 0 Å². The number of hydrogen-bond acceptors (Lipinski definition) is 3. The molecule has 1 unspecified atom stereocenters. The van der Waals surface area contributed by atoms with E-state index in [1.165, 1.54) is 0 Å². The monoisotopic (exact) mass is 264 g/mol. The Labute approximate surface area is 115 Å². The molecule has 1 aliphatic rings. The Bertz CT molecular complexity index is 454. The molecule has 0 amide bonds. The van der Waals surface area contributed by atoms with E-state index < -0.39 is 0 Å². The molecule has 0 spiro atoms. The van der Waals surface area contributed by atoms with Crippen molar-refractivity contribution < 1.29 is 14.6 Å². The summed E-state index contributed by atoms with van der Waals surface area (Å²) >= 11 is 0. The lowest BCUT2D eigenvalue weighted by atomic mass is 9.84. The zero-order valence-electron chi connectivity index (χ0n) is 12.5. The van der Waals surface area contributed by atoms with Gasteiger partial charge in [0.25, 0.3) is 0 Å². The molecule has 106 valence electrons. The molecule has 1 N–H and O–H groups in total. The zero-order chi connectivity index (χ0) is 14.2. The van der Waals surface area contributed by atoms with E-state index in [1.807, 2.05) is 12.1 Å². The molecule has 0 saturated carbocycles. The fraction of sp³-hybridized carbons (Fsp3) is 0.625. The number of rotatable bonds is 4. The molecule has 0 bridgehead atoms. The van der Waals surface area contributed by atoms with Crippen LogP contribution >= 0.6 is 0 Å². The van der Waals surface area contributed by atoms with Gasteiger partial charge in [-0.15, -0.1) is 0 Å². The Hall–Kier alpha value is -1.22. The molecular formula is C16H24O3. The Morgan fingerprint density at radius 2 is 2.00 bits per heavy atom. The molecule has 1 saturated heterocycles. The average molecular weight is 264 g/mol. The van der Waals surface area contributed by atoms with E-state index in [0.29, 0.717) is 12.4 Å². The molecule has 1 aromatic rings. The van der Waals surface area contributed by atoms with Gasteiger partial charge in [-0.3, -0.25) is 0 Å². The topological polar surface area (TPSA) is 42.0 Å². The summed E-state index contributed by atoms with van der Waals surface area (Å²) in [6.45, 7) is 11.9. The van der Waals surface area contributed by atoms with Crippen molar-refractivity contribution >= 4 is 0 Å². The van der Waals surface area contributed by atoms with Crippen LogP contribution in [0.4, 0.5) is 0 Å². The molecule has 1 fully saturated rings. The van der Waals surface area contributed by atoms with Gasteiger partial charge < -0.3 is 14.6 Å². The number of ether oxygens (including phenoxy) is 2. The van der Waals surface area contributed by atoms with Gasteiger partial charge >= 0.3 is 0 Å². The van der Waals surface area contributed by atoms with E-state index in [2.05, 4.69) is 34.6 Å². The van der Waals surface area contributed by atoms with Crippen LogP contribution in [0.2, 0.25) is 0 Å². The third-order valence-electron chi connectivity index (χ3n) is 3.39. The highest BCUT2D eigenvalue weighted by Crippen LogP contribution is 2.39. The molecule has 0 aliphatic carbocycles. The molecule has 1 aliphatic heterocycles. The normalized spacial score (nSPS) is 18.7. The second kappa shape index (κ2) is 5.04. The number of phenolic OH excluding ortho intramolecular Hbond substituents is 1. The number of benzene rings is 1. The lowest BCUT2D eigenvalue weighted by Gasteiger charge is -2.24. The van der Waals surface area contributed by atoms with Crippen LogP contribution in [0, 0.1) is 0 Å². The van der Waals surface area contributed by atoms with Crippen LogP contribution in [0.3, 0.4) is 0 Å². The van der Waals surface area contributed by atoms with E-state index in [4.69, 9.17) is 9.47 Å². The van der Waals surface area contributed by atoms with Gasteiger partial charge in [-0.05, 0) is 23.5 Å². The van der Waals surface area contributed by atoms with Crippen LogP contribution in [-0.2, 0) is 10.2 Å². The largest absolute Gasteiger partial charge is 0.508 e. The quantitative estimate of drug-likeness (QED) is 0.845. The van der Waals surface area contributed by atoms with Crippen molar-refractivity contribution in [2.45, 2.75) is 52.1 Å². The number of hydrogen-bond donors (Lipinski definition) is 1. The number of phenols is 1. The fourth-order valence-corrected chi connectivity index (χ4v) is 2.10. The number of aromatic hydroxyl groups is 1. The van der Waals surface area contributed by atoms with Gasteiger partial charge in [0.2, 0.25) is 0 Å². The molecule has 1 heterocycles. The van der Waals surface area contributed by atoms with Crippen LogP contribution in [-0.4, -0.2) is 24.4 Å². The summed E-state index contributed by atoms with van der Waals surface area (Å²) in [5.74, 6) is 1.49. The standard InChI is InChI=1S/C16H24O3/c1-10(2)12-6-15(19-9-11-8-18-11)13(7-14(12)17)16(3,4)5/h6-7,10-11,17H,8-9H2,1-5H3. The van der Waals surface area contributed by atoms with Crippen LogP contribution in [0.5, 0.6) is 11.5 Å². The Balaban J connectivity index is 2.36. The van der Waals surface area contributed by atoms with E-state index >= 15 is 0 Å². The molecule has 0 aromatic heterocycles. The molecule has 19 heavy (non-hydrogen) atoms. The summed E-state index contributed by atoms with van der Waals surface area (Å²) < 4.78 is 11.1. The first-order valence-electron chi connectivity index (χ1n) is 6.91. The smallest absolute Gasteiger partial charge is 0.123 e.